The molecule has 32 heavy (non-hydrogen) atoms. The molecule has 2 heterocycles. The molecular weight excluding hydrogens is 398 g/mol. The van der Waals surface area contributed by atoms with Crippen molar-refractivity contribution in [3.63, 3.8) is 0 Å². The van der Waals surface area contributed by atoms with Crippen molar-refractivity contribution in [2.75, 3.05) is 16.8 Å². The number of nitrogens with zero attached hydrogens (tertiary/aromatic N) is 2. The summed E-state index contributed by atoms with van der Waals surface area (Å²) in [6, 6.07) is 22.8. The fourth-order valence-corrected chi connectivity index (χ4v) is 4.26. The highest BCUT2D eigenvalue weighted by atomic mass is 16.2. The van der Waals surface area contributed by atoms with E-state index in [2.05, 4.69) is 16.4 Å². The van der Waals surface area contributed by atoms with Gasteiger partial charge in [-0.05, 0) is 74.4 Å². The number of aryl methyl sites for hydroxylation is 2. The first-order valence-electron chi connectivity index (χ1n) is 10.7. The van der Waals surface area contributed by atoms with Crippen LogP contribution in [-0.4, -0.2) is 23.3 Å². The van der Waals surface area contributed by atoms with Crippen LogP contribution in [0.15, 0.2) is 72.8 Å². The number of nitrogens with one attached hydrogen (secondary N) is 1. The van der Waals surface area contributed by atoms with E-state index in [0.717, 1.165) is 34.3 Å². The van der Waals surface area contributed by atoms with Gasteiger partial charge in [0.05, 0.1) is 11.1 Å². The fourth-order valence-electron chi connectivity index (χ4n) is 4.26. The predicted molar refractivity (Wildman–Crippen MR) is 127 cm³/mol. The molecule has 5 nitrogen and oxygen atoms in total. The van der Waals surface area contributed by atoms with Crippen LogP contribution in [0.5, 0.6) is 0 Å². The summed E-state index contributed by atoms with van der Waals surface area (Å²) in [7, 11) is 0. The van der Waals surface area contributed by atoms with Gasteiger partial charge in [-0.2, -0.15) is 0 Å². The van der Waals surface area contributed by atoms with Gasteiger partial charge in [-0.15, -0.1) is 0 Å². The van der Waals surface area contributed by atoms with E-state index in [-0.39, 0.29) is 11.8 Å². The van der Waals surface area contributed by atoms with E-state index < -0.39 is 0 Å². The molecule has 0 atom stereocenters. The Bertz CT molecular complexity index is 1360. The number of pyridine rings is 1. The molecule has 0 fully saturated rings. The quantitative estimate of drug-likeness (QED) is 0.488. The number of hydrogen-bond donors (Lipinski definition) is 1. The van der Waals surface area contributed by atoms with Crippen molar-refractivity contribution in [2.24, 2.45) is 0 Å². The molecule has 0 aliphatic carbocycles. The van der Waals surface area contributed by atoms with Gasteiger partial charge in [0, 0.05) is 34.6 Å². The Hall–Kier alpha value is -3.99. The van der Waals surface area contributed by atoms with E-state index in [1.807, 2.05) is 55.1 Å². The molecule has 1 N–H and O–H groups in total. The molecule has 0 radical (unpaired) electrons. The molecule has 0 saturated carbocycles. The average Bonchev–Trinajstić information content (AvgIpc) is 3.23. The van der Waals surface area contributed by atoms with E-state index in [0.29, 0.717) is 23.4 Å². The third kappa shape index (κ3) is 3.62. The minimum Gasteiger partial charge on any atom is -0.322 e. The molecule has 158 valence electrons. The molecule has 0 bridgehead atoms. The topological polar surface area (TPSA) is 62.3 Å². The van der Waals surface area contributed by atoms with Crippen LogP contribution in [0.3, 0.4) is 0 Å². The van der Waals surface area contributed by atoms with Crippen LogP contribution >= 0.6 is 0 Å². The van der Waals surface area contributed by atoms with Crippen molar-refractivity contribution in [1.82, 2.24) is 4.98 Å². The van der Waals surface area contributed by atoms with Crippen molar-refractivity contribution in [2.45, 2.75) is 20.3 Å². The minimum atomic E-state index is -0.196. The number of amides is 2. The molecule has 5 heteroatoms. The number of para-hydroxylation sites is 1. The maximum atomic E-state index is 13.0. The zero-order valence-electron chi connectivity index (χ0n) is 18.1. The van der Waals surface area contributed by atoms with Gasteiger partial charge < -0.3 is 10.2 Å². The summed E-state index contributed by atoms with van der Waals surface area (Å²) in [5, 5.41) is 3.78. The summed E-state index contributed by atoms with van der Waals surface area (Å²) in [6.07, 6.45) is 0.870. The van der Waals surface area contributed by atoms with Gasteiger partial charge >= 0.3 is 0 Å². The summed E-state index contributed by atoms with van der Waals surface area (Å²) < 4.78 is 0. The lowest BCUT2D eigenvalue weighted by Gasteiger charge is -2.17. The molecule has 1 aromatic heterocycles. The lowest BCUT2D eigenvalue weighted by Crippen LogP contribution is -2.28. The van der Waals surface area contributed by atoms with Gasteiger partial charge in [0.25, 0.3) is 11.8 Å². The third-order valence-electron chi connectivity index (χ3n) is 5.86. The molecular formula is C27H23N3O2. The van der Waals surface area contributed by atoms with Gasteiger partial charge in [0.1, 0.15) is 0 Å². The van der Waals surface area contributed by atoms with Gasteiger partial charge in [-0.3, -0.25) is 14.6 Å². The van der Waals surface area contributed by atoms with Crippen LogP contribution in [0.2, 0.25) is 0 Å². The number of rotatable bonds is 3. The first kappa shape index (κ1) is 19.9. The highest BCUT2D eigenvalue weighted by Gasteiger charge is 2.25. The zero-order chi connectivity index (χ0) is 22.2. The van der Waals surface area contributed by atoms with Gasteiger partial charge in [-0.1, -0.05) is 29.8 Å². The number of carbonyl (C=O) groups is 2. The highest BCUT2D eigenvalue weighted by molar-refractivity contribution is 6.13. The van der Waals surface area contributed by atoms with E-state index in [9.17, 15) is 9.59 Å². The van der Waals surface area contributed by atoms with Crippen LogP contribution in [0, 0.1) is 13.8 Å². The van der Waals surface area contributed by atoms with Gasteiger partial charge in [-0.25, -0.2) is 0 Å². The Morgan fingerprint density at radius 1 is 0.938 bits per heavy atom. The Morgan fingerprint density at radius 2 is 1.72 bits per heavy atom. The SMILES string of the molecule is Cc1ccc2nc(C)cc(C(=O)Nc3ccc(C(=O)N4CCc5ccccc54)cc3)c2c1. The zero-order valence-corrected chi connectivity index (χ0v) is 18.1. The Kier molecular flexibility index (Phi) is 4.94. The number of carbonyl (C=O) groups excluding carboxylic acids is 2. The minimum absolute atomic E-state index is 0.0287. The average molecular weight is 422 g/mol. The van der Waals surface area contributed by atoms with E-state index in [4.69, 9.17) is 0 Å². The smallest absolute Gasteiger partial charge is 0.258 e. The molecule has 1 aliphatic heterocycles. The fraction of sp³-hybridized carbons (Fsp3) is 0.148. The van der Waals surface area contributed by atoms with Crippen molar-refractivity contribution >= 4 is 34.1 Å². The Labute approximate surface area is 186 Å². The van der Waals surface area contributed by atoms with Crippen molar-refractivity contribution in [3.8, 4) is 0 Å². The second-order valence-electron chi connectivity index (χ2n) is 8.20. The molecule has 4 aromatic rings. The normalized spacial score (nSPS) is 12.6. The number of fused-ring (bicyclic) bond motifs is 2. The largest absolute Gasteiger partial charge is 0.322 e. The van der Waals surface area contributed by atoms with Crippen LogP contribution in [0.1, 0.15) is 37.5 Å². The van der Waals surface area contributed by atoms with Crippen molar-refractivity contribution < 1.29 is 9.59 Å². The van der Waals surface area contributed by atoms with E-state index >= 15 is 0 Å². The highest BCUT2D eigenvalue weighted by Crippen LogP contribution is 2.29. The van der Waals surface area contributed by atoms with Gasteiger partial charge in [0.15, 0.2) is 0 Å². The molecule has 0 unspecified atom stereocenters. The van der Waals surface area contributed by atoms with E-state index in [1.165, 1.54) is 5.56 Å². The summed E-state index contributed by atoms with van der Waals surface area (Å²) in [5.41, 5.74) is 6.66. The number of benzene rings is 3. The van der Waals surface area contributed by atoms with Gasteiger partial charge in [0.2, 0.25) is 0 Å². The first-order valence-corrected chi connectivity index (χ1v) is 10.7. The van der Waals surface area contributed by atoms with Crippen molar-refractivity contribution in [3.05, 3.63) is 101 Å². The number of anilines is 2. The second kappa shape index (κ2) is 7.93. The van der Waals surface area contributed by atoms with Crippen LogP contribution in [0.4, 0.5) is 11.4 Å². The summed E-state index contributed by atoms with van der Waals surface area (Å²) >= 11 is 0. The lowest BCUT2D eigenvalue weighted by molar-refractivity contribution is 0.0988. The summed E-state index contributed by atoms with van der Waals surface area (Å²) in [6.45, 7) is 4.56. The van der Waals surface area contributed by atoms with Crippen molar-refractivity contribution in [1.29, 1.82) is 0 Å². The molecule has 0 saturated heterocycles. The molecule has 2 amide bonds. The van der Waals surface area contributed by atoms with Crippen LogP contribution in [-0.2, 0) is 6.42 Å². The van der Waals surface area contributed by atoms with Crippen LogP contribution < -0.4 is 10.2 Å². The molecule has 5 rings (SSSR count). The molecule has 3 aromatic carbocycles. The maximum absolute atomic E-state index is 13.0. The maximum Gasteiger partial charge on any atom is 0.258 e. The summed E-state index contributed by atoms with van der Waals surface area (Å²) in [5.74, 6) is -0.224. The second-order valence-corrected chi connectivity index (χ2v) is 8.20. The predicted octanol–water partition coefficient (Wildman–Crippen LogP) is 5.31. The monoisotopic (exact) mass is 421 g/mol. The van der Waals surface area contributed by atoms with E-state index in [1.54, 1.807) is 30.3 Å². The first-order chi connectivity index (χ1) is 15.5. The lowest BCUT2D eigenvalue weighted by atomic mass is 10.0. The number of hydrogen-bond acceptors (Lipinski definition) is 3. The standard InChI is InChI=1S/C27H23N3O2/c1-17-7-12-24-22(15-17)23(16-18(2)28-24)26(31)29-21-10-8-20(9-11-21)27(32)30-14-13-19-5-3-4-6-25(19)30/h3-12,15-16H,13-14H2,1-2H3,(H,29,31). The molecule has 1 aliphatic rings. The summed E-state index contributed by atoms with van der Waals surface area (Å²) in [4.78, 5) is 32.4. The molecule has 0 spiro atoms. The Morgan fingerprint density at radius 3 is 2.53 bits per heavy atom. The van der Waals surface area contributed by atoms with Crippen LogP contribution in [0.25, 0.3) is 10.9 Å². The Balaban J connectivity index is 1.37. The third-order valence-corrected chi connectivity index (χ3v) is 5.86. The number of aromatic nitrogens is 1.